The smallest absolute Gasteiger partial charge is 0.204 e. The molecule has 0 spiro atoms. The molecule has 38 heavy (non-hydrogen) atoms. The van der Waals surface area contributed by atoms with E-state index in [9.17, 15) is 35.1 Å². The molecule has 2 aromatic rings. The summed E-state index contributed by atoms with van der Waals surface area (Å²) < 4.78 is 145. The summed E-state index contributed by atoms with van der Waals surface area (Å²) >= 11 is 6.44. The lowest BCUT2D eigenvalue weighted by Crippen LogP contribution is -2.40. The van der Waals surface area contributed by atoms with E-state index in [1.54, 1.807) is 39.3 Å². The first-order valence-electron chi connectivity index (χ1n) is 11.2. The van der Waals surface area contributed by atoms with Crippen LogP contribution in [0.25, 0.3) is 5.57 Å². The average Bonchev–Trinajstić information content (AvgIpc) is 2.81. The second kappa shape index (κ2) is 10.9. The van der Waals surface area contributed by atoms with Crippen LogP contribution >= 0.6 is 11.5 Å². The molecule has 0 amide bonds. The molecule has 2 aromatic carbocycles. The van der Waals surface area contributed by atoms with Gasteiger partial charge in [-0.15, -0.1) is 0 Å². The van der Waals surface area contributed by atoms with Crippen LogP contribution in [0, 0.1) is 58.2 Å². The molecule has 0 unspecified atom stereocenters. The number of allylic oxidation sites excluding steroid dienone is 4. The van der Waals surface area contributed by atoms with Crippen molar-refractivity contribution in [3.8, 4) is 0 Å². The first-order chi connectivity index (χ1) is 17.1. The third-order valence-corrected chi connectivity index (χ3v) is 12.0. The van der Waals surface area contributed by atoms with Crippen molar-refractivity contribution in [2.24, 2.45) is 0 Å². The molecule has 0 aliphatic rings. The summed E-state index contributed by atoms with van der Waals surface area (Å²) in [5.74, 6) is -23.1. The first kappa shape index (κ1) is 32.2. The van der Waals surface area contributed by atoms with E-state index >= 15 is 8.78 Å². The van der Waals surface area contributed by atoms with E-state index in [0.717, 1.165) is 0 Å². The second-order valence-electron chi connectivity index (χ2n) is 10.8. The van der Waals surface area contributed by atoms with Gasteiger partial charge in [0.05, 0.1) is 21.7 Å². The van der Waals surface area contributed by atoms with E-state index in [1.165, 1.54) is 13.8 Å². The van der Waals surface area contributed by atoms with Crippen molar-refractivity contribution >= 4 is 44.8 Å². The normalized spacial score (nSPS) is 14.0. The van der Waals surface area contributed by atoms with Crippen molar-refractivity contribution in [3.63, 3.8) is 0 Å². The molecule has 0 aliphatic carbocycles. The van der Waals surface area contributed by atoms with E-state index < -0.39 is 103 Å². The lowest BCUT2D eigenvalue weighted by molar-refractivity contribution is 0.376. The van der Waals surface area contributed by atoms with Crippen LogP contribution in [0.2, 0.25) is 39.3 Å². The summed E-state index contributed by atoms with van der Waals surface area (Å²) in [6.07, 6.45) is -2.26. The zero-order valence-corrected chi connectivity index (χ0v) is 24.5. The SMILES string of the molecule is C/C(=C(B(Cl)c1c(F)c(F)c(F)c(F)c1F)\C(=C(\C)[Si](C)(C)C)c1c(F)c(F)c(F)c(F)c1F)[Si](C)(C)C. The van der Waals surface area contributed by atoms with Gasteiger partial charge >= 0.3 is 6.13 Å². The third kappa shape index (κ3) is 5.51. The molecule has 0 saturated carbocycles. The topological polar surface area (TPSA) is 0 Å². The molecular weight excluding hydrogens is 581 g/mol. The molecule has 0 atom stereocenters. The van der Waals surface area contributed by atoms with Gasteiger partial charge in [0.15, 0.2) is 52.4 Å². The average molecular weight is 605 g/mol. The van der Waals surface area contributed by atoms with E-state index in [2.05, 4.69) is 0 Å². The Hall–Kier alpha value is -1.99. The number of halogens is 11. The summed E-state index contributed by atoms with van der Waals surface area (Å²) in [5, 5.41) is 0.292. The van der Waals surface area contributed by atoms with Crippen molar-refractivity contribution in [3.05, 3.63) is 79.6 Å². The van der Waals surface area contributed by atoms with Gasteiger partial charge in [-0.25, -0.2) is 43.9 Å². The van der Waals surface area contributed by atoms with E-state index in [4.69, 9.17) is 11.5 Å². The second-order valence-corrected chi connectivity index (χ2v) is 21.8. The Morgan fingerprint density at radius 2 is 0.789 bits per heavy atom. The molecule has 0 nitrogen and oxygen atoms in total. The molecule has 0 fully saturated rings. The fraction of sp³-hybridized carbons (Fsp3) is 0.333. The standard InChI is InChI=1S/C24H24BClF10Si2/c1-9(37(3,4)5)11(12-15(27)19(31)23(35)20(32)16(12)28)13(10(2)38(6,7)8)25(26)14-17(29)21(33)24(36)22(34)18(14)30/h1-8H3/b11-9-,13-10-. The maximum absolute atomic E-state index is 15.2. The van der Waals surface area contributed by atoms with Gasteiger partial charge < -0.3 is 0 Å². The summed E-state index contributed by atoms with van der Waals surface area (Å²) in [6, 6.07) is 0. The molecule has 2 rings (SSSR count). The predicted molar refractivity (Wildman–Crippen MR) is 136 cm³/mol. The molecular formula is C24H24BClF10Si2. The van der Waals surface area contributed by atoms with Gasteiger partial charge in [-0.3, -0.25) is 0 Å². The van der Waals surface area contributed by atoms with Crippen LogP contribution in [-0.4, -0.2) is 22.3 Å². The van der Waals surface area contributed by atoms with Crippen LogP contribution in [-0.2, 0) is 0 Å². The quantitative estimate of drug-likeness (QED) is 0.102. The molecule has 0 bridgehead atoms. The molecule has 0 aromatic heterocycles. The van der Waals surface area contributed by atoms with Crippen molar-refractivity contribution in [2.75, 3.05) is 0 Å². The maximum Gasteiger partial charge on any atom is 0.322 e. The van der Waals surface area contributed by atoms with Crippen molar-refractivity contribution in [1.82, 2.24) is 0 Å². The summed E-state index contributed by atoms with van der Waals surface area (Å²) in [4.78, 5) is 0. The Morgan fingerprint density at radius 1 is 0.500 bits per heavy atom. The van der Waals surface area contributed by atoms with Crippen LogP contribution in [0.4, 0.5) is 43.9 Å². The van der Waals surface area contributed by atoms with Crippen LogP contribution in [0.15, 0.2) is 15.9 Å². The third-order valence-electron chi connectivity index (χ3n) is 6.51. The summed E-state index contributed by atoms with van der Waals surface area (Å²) in [5.41, 5.74) is -4.03. The Morgan fingerprint density at radius 3 is 1.11 bits per heavy atom. The Kier molecular flexibility index (Phi) is 9.22. The molecule has 0 radical (unpaired) electrons. The van der Waals surface area contributed by atoms with Crippen molar-refractivity contribution in [1.29, 1.82) is 0 Å². The Balaban J connectivity index is 3.29. The zero-order valence-electron chi connectivity index (χ0n) is 21.7. The van der Waals surface area contributed by atoms with Crippen LogP contribution in [0.3, 0.4) is 0 Å². The predicted octanol–water partition coefficient (Wildman–Crippen LogP) is 8.60. The maximum atomic E-state index is 15.2. The number of hydrogen-bond acceptors (Lipinski definition) is 0. The number of rotatable bonds is 6. The van der Waals surface area contributed by atoms with Gasteiger partial charge in [-0.05, 0) is 19.4 Å². The largest absolute Gasteiger partial charge is 0.322 e. The highest BCUT2D eigenvalue weighted by molar-refractivity contribution is 7.20. The Labute approximate surface area is 221 Å². The minimum atomic E-state index is -2.74. The van der Waals surface area contributed by atoms with Crippen molar-refractivity contribution < 1.29 is 43.9 Å². The van der Waals surface area contributed by atoms with E-state index in [-0.39, 0.29) is 10.4 Å². The minimum absolute atomic E-state index is 0.114. The highest BCUT2D eigenvalue weighted by atomic mass is 35.5. The monoisotopic (exact) mass is 604 g/mol. The van der Waals surface area contributed by atoms with Gasteiger partial charge in [0.2, 0.25) is 5.82 Å². The van der Waals surface area contributed by atoms with Gasteiger partial charge in [0.1, 0.15) is 0 Å². The molecule has 0 N–H and O–H groups in total. The van der Waals surface area contributed by atoms with Gasteiger partial charge in [0.25, 0.3) is 0 Å². The van der Waals surface area contributed by atoms with Crippen LogP contribution in [0.1, 0.15) is 19.4 Å². The first-order valence-corrected chi connectivity index (χ1v) is 18.6. The molecule has 0 heterocycles. The number of hydrogen-bond donors (Lipinski definition) is 0. The Bertz CT molecular complexity index is 1320. The van der Waals surface area contributed by atoms with Gasteiger partial charge in [-0.1, -0.05) is 55.1 Å². The molecule has 14 heteroatoms. The molecule has 0 aliphatic heterocycles. The fourth-order valence-corrected chi connectivity index (χ4v) is 6.26. The fourth-order valence-electron chi connectivity index (χ4n) is 3.62. The zero-order chi connectivity index (χ0) is 29.8. The summed E-state index contributed by atoms with van der Waals surface area (Å²) in [7, 11) is -5.44. The molecule has 208 valence electrons. The van der Waals surface area contributed by atoms with E-state index in [1.807, 2.05) is 0 Å². The lowest BCUT2D eigenvalue weighted by Gasteiger charge is -2.31. The van der Waals surface area contributed by atoms with Crippen molar-refractivity contribution in [2.45, 2.75) is 53.1 Å². The highest BCUT2D eigenvalue weighted by Gasteiger charge is 2.41. The van der Waals surface area contributed by atoms with E-state index in [0.29, 0.717) is 0 Å². The molecule has 0 saturated heterocycles. The van der Waals surface area contributed by atoms with Crippen LogP contribution in [0.5, 0.6) is 0 Å². The summed E-state index contributed by atoms with van der Waals surface area (Å²) in [6.45, 7) is 12.8. The van der Waals surface area contributed by atoms with Gasteiger partial charge in [0, 0.05) is 5.46 Å². The number of benzene rings is 2. The van der Waals surface area contributed by atoms with Gasteiger partial charge in [-0.2, -0.15) is 11.5 Å². The van der Waals surface area contributed by atoms with Crippen LogP contribution < -0.4 is 5.46 Å². The lowest BCUT2D eigenvalue weighted by atomic mass is 9.57. The highest BCUT2D eigenvalue weighted by Crippen LogP contribution is 2.41. The minimum Gasteiger partial charge on any atom is -0.204 e.